The molecule has 2 amide bonds. The number of halogens is 1. The number of amides is 2. The Morgan fingerprint density at radius 3 is 2.48 bits per heavy atom. The zero-order valence-corrected chi connectivity index (χ0v) is 16.3. The van der Waals surface area contributed by atoms with Gasteiger partial charge in [-0.1, -0.05) is 18.6 Å². The molecule has 0 aromatic heterocycles. The number of rotatable bonds is 5. The lowest BCUT2D eigenvalue weighted by atomic mass is 9.81. The van der Waals surface area contributed by atoms with E-state index in [1.54, 1.807) is 12.1 Å². The average molecular weight is 375 g/mol. The number of hydrogen-bond donors (Lipinski definition) is 0. The average Bonchev–Trinajstić information content (AvgIpc) is 2.85. The summed E-state index contributed by atoms with van der Waals surface area (Å²) in [4.78, 5) is 28.9. The Morgan fingerprint density at radius 2 is 1.78 bits per heavy atom. The predicted molar refractivity (Wildman–Crippen MR) is 104 cm³/mol. The molecule has 0 saturated carbocycles. The van der Waals surface area contributed by atoms with Crippen molar-refractivity contribution in [3.05, 3.63) is 35.6 Å². The summed E-state index contributed by atoms with van der Waals surface area (Å²) in [6, 6.07) is 6.50. The standard InChI is InChI=1S/C22H31FN2O2/c1-24-14-3-2-6-20(22(24)27)18-12-15-25(16-13-18)21(26)7-4-5-17-8-10-19(23)11-9-17/h8-11,18,20H,2-7,12-16H2,1H3/t20-/m1/s1. The second kappa shape index (κ2) is 9.34. The third kappa shape index (κ3) is 5.30. The van der Waals surface area contributed by atoms with Gasteiger partial charge in [0.15, 0.2) is 0 Å². The number of piperidine rings is 1. The number of likely N-dealkylation sites (tertiary alicyclic amines) is 2. The summed E-state index contributed by atoms with van der Waals surface area (Å²) in [5.41, 5.74) is 1.07. The van der Waals surface area contributed by atoms with Crippen molar-refractivity contribution in [1.29, 1.82) is 0 Å². The number of carbonyl (C=O) groups excluding carboxylic acids is 2. The van der Waals surface area contributed by atoms with E-state index >= 15 is 0 Å². The summed E-state index contributed by atoms with van der Waals surface area (Å²) in [5, 5.41) is 0. The van der Waals surface area contributed by atoms with Crippen molar-refractivity contribution in [1.82, 2.24) is 9.80 Å². The van der Waals surface area contributed by atoms with Crippen molar-refractivity contribution < 1.29 is 14.0 Å². The fraction of sp³-hybridized carbons (Fsp3) is 0.636. The lowest BCUT2D eigenvalue weighted by Crippen LogP contribution is -2.43. The molecule has 1 aromatic carbocycles. The molecule has 2 aliphatic heterocycles. The van der Waals surface area contributed by atoms with E-state index in [1.807, 2.05) is 16.8 Å². The third-order valence-corrected chi connectivity index (χ3v) is 6.18. The van der Waals surface area contributed by atoms with Gasteiger partial charge in [-0.2, -0.15) is 0 Å². The summed E-state index contributed by atoms with van der Waals surface area (Å²) in [6.07, 6.45) is 7.23. The normalized spacial score (nSPS) is 22.0. The lowest BCUT2D eigenvalue weighted by molar-refractivity contribution is -0.137. The Balaban J connectivity index is 1.42. The molecule has 2 saturated heterocycles. The molecule has 4 nitrogen and oxygen atoms in total. The van der Waals surface area contributed by atoms with Crippen LogP contribution in [0.5, 0.6) is 0 Å². The quantitative estimate of drug-likeness (QED) is 0.789. The molecule has 2 heterocycles. The number of aryl methyl sites for hydroxylation is 1. The first-order chi connectivity index (χ1) is 13.0. The zero-order chi connectivity index (χ0) is 19.2. The van der Waals surface area contributed by atoms with E-state index in [9.17, 15) is 14.0 Å². The van der Waals surface area contributed by atoms with Gasteiger partial charge in [0.05, 0.1) is 0 Å². The molecule has 0 spiro atoms. The highest BCUT2D eigenvalue weighted by molar-refractivity contribution is 5.79. The van der Waals surface area contributed by atoms with E-state index in [-0.39, 0.29) is 17.6 Å². The van der Waals surface area contributed by atoms with Gasteiger partial charge in [0.2, 0.25) is 11.8 Å². The van der Waals surface area contributed by atoms with Gasteiger partial charge >= 0.3 is 0 Å². The van der Waals surface area contributed by atoms with Gasteiger partial charge in [-0.3, -0.25) is 9.59 Å². The minimum Gasteiger partial charge on any atom is -0.346 e. The van der Waals surface area contributed by atoms with E-state index in [4.69, 9.17) is 0 Å². The fourth-order valence-corrected chi connectivity index (χ4v) is 4.47. The van der Waals surface area contributed by atoms with Gasteiger partial charge in [0.1, 0.15) is 5.82 Å². The summed E-state index contributed by atoms with van der Waals surface area (Å²) >= 11 is 0. The van der Waals surface area contributed by atoms with Crippen LogP contribution in [0, 0.1) is 17.7 Å². The summed E-state index contributed by atoms with van der Waals surface area (Å²) in [6.45, 7) is 2.42. The van der Waals surface area contributed by atoms with E-state index in [2.05, 4.69) is 0 Å². The zero-order valence-electron chi connectivity index (χ0n) is 16.3. The van der Waals surface area contributed by atoms with Gasteiger partial charge < -0.3 is 9.80 Å². The molecule has 2 fully saturated rings. The minimum absolute atomic E-state index is 0.147. The van der Waals surface area contributed by atoms with E-state index in [1.165, 1.54) is 12.1 Å². The molecule has 0 N–H and O–H groups in total. The van der Waals surface area contributed by atoms with Gasteiger partial charge in [-0.05, 0) is 62.1 Å². The first-order valence-corrected chi connectivity index (χ1v) is 10.3. The maximum Gasteiger partial charge on any atom is 0.225 e. The summed E-state index contributed by atoms with van der Waals surface area (Å²) in [5.74, 6) is 0.849. The summed E-state index contributed by atoms with van der Waals surface area (Å²) < 4.78 is 12.9. The van der Waals surface area contributed by atoms with Crippen LogP contribution in [0.2, 0.25) is 0 Å². The Hall–Kier alpha value is -1.91. The van der Waals surface area contributed by atoms with Crippen molar-refractivity contribution in [2.45, 2.75) is 51.4 Å². The highest BCUT2D eigenvalue weighted by Crippen LogP contribution is 2.32. The Bertz CT molecular complexity index is 638. The van der Waals surface area contributed by atoms with Crippen LogP contribution in [0.4, 0.5) is 4.39 Å². The predicted octanol–water partition coefficient (Wildman–Crippen LogP) is 3.65. The third-order valence-electron chi connectivity index (χ3n) is 6.18. The molecule has 1 atom stereocenters. The molecule has 0 aliphatic carbocycles. The Morgan fingerprint density at radius 1 is 1.07 bits per heavy atom. The van der Waals surface area contributed by atoms with E-state index in [0.29, 0.717) is 18.2 Å². The second-order valence-electron chi connectivity index (χ2n) is 8.06. The number of carbonyl (C=O) groups is 2. The SMILES string of the molecule is CN1CCCC[C@H](C2CCN(C(=O)CCCc3ccc(F)cc3)CC2)C1=O. The monoisotopic (exact) mass is 374 g/mol. The molecule has 3 rings (SSSR count). The number of nitrogens with zero attached hydrogens (tertiary/aromatic N) is 2. The van der Waals surface area contributed by atoms with Gasteiger partial charge in [0.25, 0.3) is 0 Å². The highest BCUT2D eigenvalue weighted by Gasteiger charge is 2.34. The van der Waals surface area contributed by atoms with Crippen LogP contribution >= 0.6 is 0 Å². The molecule has 0 bridgehead atoms. The minimum atomic E-state index is -0.226. The molecule has 27 heavy (non-hydrogen) atoms. The molecular weight excluding hydrogens is 343 g/mol. The van der Waals surface area contributed by atoms with Crippen LogP contribution in [-0.2, 0) is 16.0 Å². The van der Waals surface area contributed by atoms with Gasteiger partial charge in [-0.25, -0.2) is 4.39 Å². The largest absolute Gasteiger partial charge is 0.346 e. The number of benzene rings is 1. The molecule has 5 heteroatoms. The van der Waals surface area contributed by atoms with Crippen LogP contribution in [0.1, 0.15) is 50.5 Å². The smallest absolute Gasteiger partial charge is 0.225 e. The van der Waals surface area contributed by atoms with Crippen molar-refractivity contribution in [3.8, 4) is 0 Å². The van der Waals surface area contributed by atoms with E-state index < -0.39 is 0 Å². The fourth-order valence-electron chi connectivity index (χ4n) is 4.47. The lowest BCUT2D eigenvalue weighted by Gasteiger charge is -2.36. The molecule has 0 unspecified atom stereocenters. The van der Waals surface area contributed by atoms with Crippen LogP contribution in [-0.4, -0.2) is 48.3 Å². The molecule has 1 aromatic rings. The van der Waals surface area contributed by atoms with E-state index in [0.717, 1.165) is 70.1 Å². The first-order valence-electron chi connectivity index (χ1n) is 10.3. The van der Waals surface area contributed by atoms with Crippen molar-refractivity contribution in [2.75, 3.05) is 26.7 Å². The second-order valence-corrected chi connectivity index (χ2v) is 8.06. The Labute approximate surface area is 161 Å². The Kier molecular flexibility index (Phi) is 6.86. The van der Waals surface area contributed by atoms with Crippen LogP contribution < -0.4 is 0 Å². The topological polar surface area (TPSA) is 40.6 Å². The van der Waals surface area contributed by atoms with Crippen LogP contribution in [0.3, 0.4) is 0 Å². The van der Waals surface area contributed by atoms with Crippen molar-refractivity contribution >= 4 is 11.8 Å². The first kappa shape index (κ1) is 19.8. The van der Waals surface area contributed by atoms with Gasteiger partial charge in [-0.15, -0.1) is 0 Å². The molecular formula is C22H31FN2O2. The molecule has 2 aliphatic rings. The maximum absolute atomic E-state index is 12.9. The molecule has 0 radical (unpaired) electrons. The van der Waals surface area contributed by atoms with Crippen molar-refractivity contribution in [2.24, 2.45) is 11.8 Å². The molecule has 148 valence electrons. The van der Waals surface area contributed by atoms with Crippen molar-refractivity contribution in [3.63, 3.8) is 0 Å². The summed E-state index contributed by atoms with van der Waals surface area (Å²) in [7, 11) is 1.92. The van der Waals surface area contributed by atoms with Crippen LogP contribution in [0.15, 0.2) is 24.3 Å². The maximum atomic E-state index is 12.9. The van der Waals surface area contributed by atoms with Crippen LogP contribution in [0.25, 0.3) is 0 Å². The van der Waals surface area contributed by atoms with Gasteiger partial charge in [0, 0.05) is 39.0 Å². The number of hydrogen-bond acceptors (Lipinski definition) is 2. The highest BCUT2D eigenvalue weighted by atomic mass is 19.1.